The van der Waals surface area contributed by atoms with Crippen molar-refractivity contribution in [1.29, 1.82) is 5.26 Å². The Morgan fingerprint density at radius 2 is 1.90 bits per heavy atom. The molecule has 3 aromatic rings. The molecule has 1 fully saturated rings. The first kappa shape index (κ1) is 19.2. The van der Waals surface area contributed by atoms with E-state index in [2.05, 4.69) is 16.0 Å². The fourth-order valence-electron chi connectivity index (χ4n) is 3.84. The van der Waals surface area contributed by atoms with Gasteiger partial charge in [0.05, 0.1) is 11.2 Å². The third-order valence-corrected chi connectivity index (χ3v) is 6.36. The molecule has 0 spiro atoms. The van der Waals surface area contributed by atoms with Gasteiger partial charge in [-0.2, -0.15) is 5.26 Å². The Kier molecular flexibility index (Phi) is 5.36. The van der Waals surface area contributed by atoms with Crippen LogP contribution in [0.5, 0.6) is 0 Å². The maximum atomic E-state index is 12.7. The van der Waals surface area contributed by atoms with Gasteiger partial charge in [0.2, 0.25) is 0 Å². The number of rotatable bonds is 3. The minimum atomic E-state index is -0.287. The normalized spacial score (nSPS) is 14.7. The van der Waals surface area contributed by atoms with E-state index in [-0.39, 0.29) is 22.2 Å². The quantitative estimate of drug-likeness (QED) is 0.623. The molecule has 0 aliphatic carbocycles. The van der Waals surface area contributed by atoms with E-state index in [1.807, 2.05) is 42.5 Å². The van der Waals surface area contributed by atoms with Crippen LogP contribution in [0.25, 0.3) is 10.9 Å². The number of nitriles is 1. The summed E-state index contributed by atoms with van der Waals surface area (Å²) in [5.74, 6) is -0.0541. The van der Waals surface area contributed by atoms with Crippen molar-refractivity contribution in [1.82, 2.24) is 9.55 Å². The summed E-state index contributed by atoms with van der Waals surface area (Å²) in [6, 6.07) is 15.3. The summed E-state index contributed by atoms with van der Waals surface area (Å²) < 4.78 is 1.52. The van der Waals surface area contributed by atoms with E-state index in [0.29, 0.717) is 36.6 Å². The van der Waals surface area contributed by atoms with Gasteiger partial charge in [0, 0.05) is 37.6 Å². The van der Waals surface area contributed by atoms with Gasteiger partial charge in [0.15, 0.2) is 5.12 Å². The van der Waals surface area contributed by atoms with Crippen LogP contribution >= 0.6 is 11.8 Å². The number of fused-ring (bicyclic) bond motifs is 1. The van der Waals surface area contributed by atoms with Crippen LogP contribution in [0.3, 0.4) is 0 Å². The molecule has 0 amide bonds. The molecular formula is C22H20N4O2S. The highest BCUT2D eigenvalue weighted by Crippen LogP contribution is 2.33. The van der Waals surface area contributed by atoms with Gasteiger partial charge in [-0.3, -0.25) is 9.59 Å². The largest absolute Gasteiger partial charge is 0.370 e. The number of piperidine rings is 1. The smallest absolute Gasteiger partial charge is 0.270 e. The van der Waals surface area contributed by atoms with Crippen LogP contribution in [0.1, 0.15) is 18.4 Å². The van der Waals surface area contributed by atoms with Crippen molar-refractivity contribution in [2.75, 3.05) is 18.0 Å². The van der Waals surface area contributed by atoms with E-state index in [1.54, 1.807) is 13.2 Å². The molecule has 4 rings (SSSR count). The predicted molar refractivity (Wildman–Crippen MR) is 114 cm³/mol. The van der Waals surface area contributed by atoms with E-state index in [9.17, 15) is 14.9 Å². The third kappa shape index (κ3) is 3.64. The van der Waals surface area contributed by atoms with Gasteiger partial charge in [-0.25, -0.2) is 4.98 Å². The highest BCUT2D eigenvalue weighted by molar-refractivity contribution is 8.13. The molecule has 7 heteroatoms. The number of para-hydroxylation sites is 1. The van der Waals surface area contributed by atoms with Gasteiger partial charge in [0.1, 0.15) is 16.7 Å². The number of pyridine rings is 2. The summed E-state index contributed by atoms with van der Waals surface area (Å²) in [5, 5.41) is 11.4. The second-order valence-corrected chi connectivity index (χ2v) is 8.09. The maximum absolute atomic E-state index is 12.7. The monoisotopic (exact) mass is 404 g/mol. The van der Waals surface area contributed by atoms with Crippen molar-refractivity contribution in [3.8, 4) is 6.07 Å². The Labute approximate surface area is 172 Å². The maximum Gasteiger partial charge on any atom is 0.270 e. The summed E-state index contributed by atoms with van der Waals surface area (Å²) in [6.07, 6.45) is 3.06. The Bertz CT molecular complexity index is 1160. The average Bonchev–Trinajstić information content (AvgIpc) is 2.77. The molecule has 6 nitrogen and oxygen atoms in total. The highest BCUT2D eigenvalue weighted by Gasteiger charge is 2.29. The summed E-state index contributed by atoms with van der Waals surface area (Å²) in [7, 11) is 1.69. The lowest BCUT2D eigenvalue weighted by molar-refractivity contribution is -0.114. The molecule has 0 N–H and O–H groups in total. The van der Waals surface area contributed by atoms with Crippen molar-refractivity contribution in [2.24, 2.45) is 13.0 Å². The third-order valence-electron chi connectivity index (χ3n) is 5.38. The lowest BCUT2D eigenvalue weighted by Crippen LogP contribution is -2.38. The number of thioether (sulfide) groups is 1. The van der Waals surface area contributed by atoms with Crippen LogP contribution in [-0.2, 0) is 11.8 Å². The Balaban J connectivity index is 1.58. The van der Waals surface area contributed by atoms with Crippen LogP contribution in [-0.4, -0.2) is 27.8 Å². The number of hydrogen-bond acceptors (Lipinski definition) is 6. The lowest BCUT2D eigenvalue weighted by Gasteiger charge is -2.34. The van der Waals surface area contributed by atoms with Crippen LogP contribution < -0.4 is 10.5 Å². The fraction of sp³-hybridized carbons (Fsp3) is 0.273. The number of aromatic nitrogens is 2. The molecule has 1 aliphatic rings. The fourth-order valence-corrected chi connectivity index (χ4v) is 4.71. The minimum absolute atomic E-state index is 0.0541. The Hall–Kier alpha value is -3.11. The second kappa shape index (κ2) is 8.10. The lowest BCUT2D eigenvalue weighted by atomic mass is 9.96. The van der Waals surface area contributed by atoms with E-state index in [0.717, 1.165) is 10.9 Å². The number of aryl methyl sites for hydroxylation is 1. The number of carbonyl (C=O) groups is 1. The molecule has 0 bridgehead atoms. The number of anilines is 1. The van der Waals surface area contributed by atoms with E-state index >= 15 is 0 Å². The minimum Gasteiger partial charge on any atom is -0.370 e. The average molecular weight is 404 g/mol. The molecular weight excluding hydrogens is 384 g/mol. The molecule has 2 aromatic heterocycles. The Morgan fingerprint density at radius 3 is 2.59 bits per heavy atom. The first-order valence-electron chi connectivity index (χ1n) is 9.49. The molecule has 0 unspecified atom stereocenters. The Morgan fingerprint density at radius 1 is 1.17 bits per heavy atom. The van der Waals surface area contributed by atoms with Crippen LogP contribution in [0.2, 0.25) is 0 Å². The van der Waals surface area contributed by atoms with Gasteiger partial charge >= 0.3 is 0 Å². The van der Waals surface area contributed by atoms with Gasteiger partial charge in [-0.15, -0.1) is 0 Å². The molecule has 1 saturated heterocycles. The summed E-state index contributed by atoms with van der Waals surface area (Å²) in [4.78, 5) is 31.6. The summed E-state index contributed by atoms with van der Waals surface area (Å²) >= 11 is 1.19. The number of carbonyl (C=O) groups excluding carboxylic acids is 1. The predicted octanol–water partition coefficient (Wildman–Crippen LogP) is 3.34. The molecule has 0 saturated carbocycles. The van der Waals surface area contributed by atoms with Crippen molar-refractivity contribution in [3.05, 3.63) is 64.6 Å². The van der Waals surface area contributed by atoms with E-state index < -0.39 is 0 Å². The van der Waals surface area contributed by atoms with E-state index in [4.69, 9.17) is 0 Å². The molecule has 29 heavy (non-hydrogen) atoms. The number of benzene rings is 1. The molecule has 146 valence electrons. The van der Waals surface area contributed by atoms with Gasteiger partial charge < -0.3 is 9.47 Å². The summed E-state index contributed by atoms with van der Waals surface area (Å²) in [6.45, 7) is 1.26. The molecule has 1 aromatic carbocycles. The van der Waals surface area contributed by atoms with Crippen molar-refractivity contribution >= 4 is 33.5 Å². The molecule has 0 radical (unpaired) electrons. The van der Waals surface area contributed by atoms with E-state index in [1.165, 1.54) is 16.3 Å². The zero-order valence-electron chi connectivity index (χ0n) is 16.0. The van der Waals surface area contributed by atoms with Crippen molar-refractivity contribution < 1.29 is 4.79 Å². The second-order valence-electron chi connectivity index (χ2n) is 7.07. The zero-order chi connectivity index (χ0) is 20.4. The van der Waals surface area contributed by atoms with Crippen molar-refractivity contribution in [3.63, 3.8) is 0 Å². The topological polar surface area (TPSA) is 79.0 Å². The SMILES string of the molecule is Cn1c(=O)c(C#N)c(N2CCC(C(=O)Sc3ccccn3)CC2)c2ccccc21. The highest BCUT2D eigenvalue weighted by atomic mass is 32.2. The summed E-state index contributed by atoms with van der Waals surface area (Å²) in [5.41, 5.74) is 1.37. The van der Waals surface area contributed by atoms with Gasteiger partial charge in [0.25, 0.3) is 5.56 Å². The molecule has 0 atom stereocenters. The van der Waals surface area contributed by atoms with Crippen LogP contribution in [0, 0.1) is 17.2 Å². The standard InChI is InChI=1S/C22H20N4O2S/c1-25-18-7-3-2-6-16(18)20(17(14-23)21(25)27)26-12-9-15(10-13-26)22(28)29-19-8-4-5-11-24-19/h2-8,11,15H,9-10,12-13H2,1H3. The van der Waals surface area contributed by atoms with Gasteiger partial charge in [-0.05, 0) is 42.8 Å². The van der Waals surface area contributed by atoms with Gasteiger partial charge in [-0.1, -0.05) is 24.3 Å². The van der Waals surface area contributed by atoms with Crippen LogP contribution in [0.4, 0.5) is 5.69 Å². The number of hydrogen-bond donors (Lipinski definition) is 0. The number of nitrogens with zero attached hydrogens (tertiary/aromatic N) is 4. The molecule has 1 aliphatic heterocycles. The zero-order valence-corrected chi connectivity index (χ0v) is 16.9. The van der Waals surface area contributed by atoms with Crippen LogP contribution in [0.15, 0.2) is 58.5 Å². The molecule has 3 heterocycles. The van der Waals surface area contributed by atoms with Crippen molar-refractivity contribution in [2.45, 2.75) is 17.9 Å². The first-order valence-corrected chi connectivity index (χ1v) is 10.3. The first-order chi connectivity index (χ1) is 14.1.